The second-order valence-corrected chi connectivity index (χ2v) is 5.68. The van der Waals surface area contributed by atoms with Gasteiger partial charge in [0, 0.05) is 24.8 Å². The van der Waals surface area contributed by atoms with Crippen LogP contribution < -0.4 is 0 Å². The quantitative estimate of drug-likeness (QED) is 0.684. The Bertz CT molecular complexity index is 453. The molecule has 0 aliphatic heterocycles. The third-order valence-corrected chi connectivity index (χ3v) is 4.12. The van der Waals surface area contributed by atoms with Gasteiger partial charge in [-0.25, -0.2) is 8.78 Å². The molecule has 20 heavy (non-hydrogen) atoms. The number of hydrogen-bond acceptors (Lipinski definition) is 3. The van der Waals surface area contributed by atoms with Gasteiger partial charge in [0.1, 0.15) is 0 Å². The van der Waals surface area contributed by atoms with Crippen molar-refractivity contribution in [3.05, 3.63) is 35.4 Å². The van der Waals surface area contributed by atoms with E-state index in [-0.39, 0.29) is 17.8 Å². The van der Waals surface area contributed by atoms with E-state index in [0.29, 0.717) is 12.6 Å². The molecule has 0 amide bonds. The van der Waals surface area contributed by atoms with Crippen LogP contribution in [-0.4, -0.2) is 42.3 Å². The minimum absolute atomic E-state index is 0.156. The van der Waals surface area contributed by atoms with Gasteiger partial charge in [-0.1, -0.05) is 13.0 Å². The summed E-state index contributed by atoms with van der Waals surface area (Å²) in [4.78, 5) is 14.1. The van der Waals surface area contributed by atoms with E-state index < -0.39 is 11.6 Å². The van der Waals surface area contributed by atoms with Crippen LogP contribution in [-0.2, 0) is 0 Å². The van der Waals surface area contributed by atoms with E-state index in [9.17, 15) is 13.6 Å². The number of hydrogen-bond donors (Lipinski definition) is 0. The Balaban J connectivity index is 2.61. The minimum Gasteiger partial charge on any atom is -0.302 e. The van der Waals surface area contributed by atoms with Crippen molar-refractivity contribution in [2.75, 3.05) is 25.6 Å². The molecule has 0 saturated heterocycles. The second kappa shape index (κ2) is 8.37. The van der Waals surface area contributed by atoms with Gasteiger partial charge in [-0.3, -0.25) is 4.79 Å². The molecule has 2 nitrogen and oxygen atoms in total. The Morgan fingerprint density at radius 3 is 2.70 bits per heavy atom. The maximum Gasteiger partial charge on any atom is 0.169 e. The molecule has 0 radical (unpaired) electrons. The zero-order valence-electron chi connectivity index (χ0n) is 12.2. The normalized spacial score (nSPS) is 12.7. The molecular formula is C15H21F2NOS. The third kappa shape index (κ3) is 4.56. The first-order valence-electron chi connectivity index (χ1n) is 6.67. The average Bonchev–Trinajstić information content (AvgIpc) is 2.44. The van der Waals surface area contributed by atoms with E-state index in [4.69, 9.17) is 0 Å². The smallest absolute Gasteiger partial charge is 0.169 e. The van der Waals surface area contributed by atoms with Crippen LogP contribution in [0.25, 0.3) is 0 Å². The summed E-state index contributed by atoms with van der Waals surface area (Å²) in [5.41, 5.74) is -0.156. The standard InChI is InChI=1S/C15H21F2NOS/c1-4-11(10-20-3)18(2)9-8-14(19)12-6-5-7-13(16)15(12)17/h5-7,11H,4,8-10H2,1-3H3. The summed E-state index contributed by atoms with van der Waals surface area (Å²) in [7, 11) is 1.96. The first-order valence-corrected chi connectivity index (χ1v) is 8.07. The average molecular weight is 301 g/mol. The van der Waals surface area contributed by atoms with Crippen molar-refractivity contribution in [1.29, 1.82) is 0 Å². The highest BCUT2D eigenvalue weighted by Crippen LogP contribution is 2.14. The summed E-state index contributed by atoms with van der Waals surface area (Å²) in [6, 6.07) is 4.11. The van der Waals surface area contributed by atoms with Gasteiger partial charge in [-0.2, -0.15) is 11.8 Å². The summed E-state index contributed by atoms with van der Waals surface area (Å²) in [6.07, 6.45) is 3.24. The Morgan fingerprint density at radius 2 is 2.10 bits per heavy atom. The predicted molar refractivity (Wildman–Crippen MR) is 80.4 cm³/mol. The number of Topliss-reactive ketones (excluding diaryl/α,β-unsaturated/α-hetero) is 1. The van der Waals surface area contributed by atoms with Crippen LogP contribution in [0.5, 0.6) is 0 Å². The Hall–Kier alpha value is -0.940. The van der Waals surface area contributed by atoms with Crippen molar-refractivity contribution in [2.45, 2.75) is 25.8 Å². The molecule has 0 fully saturated rings. The monoisotopic (exact) mass is 301 g/mol. The zero-order valence-corrected chi connectivity index (χ0v) is 13.0. The van der Waals surface area contributed by atoms with Crippen LogP contribution in [0.15, 0.2) is 18.2 Å². The predicted octanol–water partition coefficient (Wildman–Crippen LogP) is 3.61. The van der Waals surface area contributed by atoms with E-state index in [1.165, 1.54) is 12.1 Å². The van der Waals surface area contributed by atoms with Gasteiger partial charge >= 0.3 is 0 Å². The fraction of sp³-hybridized carbons (Fsp3) is 0.533. The molecule has 1 unspecified atom stereocenters. The lowest BCUT2D eigenvalue weighted by Crippen LogP contribution is -2.34. The van der Waals surface area contributed by atoms with Crippen molar-refractivity contribution in [3.63, 3.8) is 0 Å². The molecule has 0 aromatic heterocycles. The summed E-state index contributed by atoms with van der Waals surface area (Å²) in [6.45, 7) is 2.65. The summed E-state index contributed by atoms with van der Waals surface area (Å²) < 4.78 is 26.6. The van der Waals surface area contributed by atoms with E-state index >= 15 is 0 Å². The van der Waals surface area contributed by atoms with Crippen molar-refractivity contribution < 1.29 is 13.6 Å². The zero-order chi connectivity index (χ0) is 15.1. The fourth-order valence-corrected chi connectivity index (χ4v) is 2.94. The Morgan fingerprint density at radius 1 is 1.40 bits per heavy atom. The SMILES string of the molecule is CCC(CSC)N(C)CCC(=O)c1cccc(F)c1F. The molecule has 5 heteroatoms. The van der Waals surface area contributed by atoms with E-state index in [1.54, 1.807) is 11.8 Å². The molecule has 0 heterocycles. The molecule has 0 bridgehead atoms. The summed E-state index contributed by atoms with van der Waals surface area (Å²) in [5.74, 6) is -1.38. The highest BCUT2D eigenvalue weighted by Gasteiger charge is 2.17. The maximum atomic E-state index is 13.5. The first-order chi connectivity index (χ1) is 9.51. The minimum atomic E-state index is -1.05. The molecule has 112 valence electrons. The van der Waals surface area contributed by atoms with E-state index in [2.05, 4.69) is 11.8 Å². The van der Waals surface area contributed by atoms with Gasteiger partial charge in [-0.05, 0) is 31.9 Å². The van der Waals surface area contributed by atoms with Gasteiger partial charge in [0.05, 0.1) is 5.56 Å². The topological polar surface area (TPSA) is 20.3 Å². The number of thioether (sulfide) groups is 1. The lowest BCUT2D eigenvalue weighted by molar-refractivity contribution is 0.0957. The molecular weight excluding hydrogens is 280 g/mol. The number of benzene rings is 1. The summed E-state index contributed by atoms with van der Waals surface area (Å²) in [5, 5.41) is 0. The van der Waals surface area contributed by atoms with Crippen LogP contribution in [0, 0.1) is 11.6 Å². The lowest BCUT2D eigenvalue weighted by atomic mass is 10.1. The molecule has 0 N–H and O–H groups in total. The summed E-state index contributed by atoms with van der Waals surface area (Å²) >= 11 is 1.76. The second-order valence-electron chi connectivity index (χ2n) is 4.77. The van der Waals surface area contributed by atoms with Crippen molar-refractivity contribution in [3.8, 4) is 0 Å². The Kier molecular flexibility index (Phi) is 7.16. The van der Waals surface area contributed by atoms with Gasteiger partial charge in [0.25, 0.3) is 0 Å². The number of carbonyl (C=O) groups is 1. The third-order valence-electron chi connectivity index (χ3n) is 3.40. The molecule has 0 aliphatic carbocycles. The molecule has 0 aliphatic rings. The van der Waals surface area contributed by atoms with Crippen molar-refractivity contribution >= 4 is 17.5 Å². The van der Waals surface area contributed by atoms with Crippen molar-refractivity contribution in [2.24, 2.45) is 0 Å². The molecule has 0 spiro atoms. The number of nitrogens with zero attached hydrogens (tertiary/aromatic N) is 1. The maximum absolute atomic E-state index is 13.5. The van der Waals surface area contributed by atoms with Gasteiger partial charge < -0.3 is 4.90 Å². The van der Waals surface area contributed by atoms with E-state index in [0.717, 1.165) is 18.2 Å². The van der Waals surface area contributed by atoms with Gasteiger partial charge in [0.2, 0.25) is 0 Å². The molecule has 1 aromatic carbocycles. The molecule has 0 saturated carbocycles. The number of rotatable bonds is 8. The van der Waals surface area contributed by atoms with Gasteiger partial charge in [-0.15, -0.1) is 0 Å². The van der Waals surface area contributed by atoms with Crippen LogP contribution in [0.2, 0.25) is 0 Å². The lowest BCUT2D eigenvalue weighted by Gasteiger charge is -2.26. The van der Waals surface area contributed by atoms with Crippen LogP contribution in [0.1, 0.15) is 30.1 Å². The van der Waals surface area contributed by atoms with E-state index in [1.807, 2.05) is 13.3 Å². The Labute approximate surface area is 123 Å². The molecule has 1 atom stereocenters. The van der Waals surface area contributed by atoms with Crippen LogP contribution in [0.3, 0.4) is 0 Å². The number of halogens is 2. The number of ketones is 1. The molecule has 1 rings (SSSR count). The highest BCUT2D eigenvalue weighted by atomic mass is 32.2. The highest BCUT2D eigenvalue weighted by molar-refractivity contribution is 7.98. The van der Waals surface area contributed by atoms with Crippen LogP contribution >= 0.6 is 11.8 Å². The largest absolute Gasteiger partial charge is 0.302 e. The number of carbonyl (C=O) groups excluding carboxylic acids is 1. The fourth-order valence-electron chi connectivity index (χ4n) is 2.06. The van der Waals surface area contributed by atoms with Crippen molar-refractivity contribution in [1.82, 2.24) is 4.90 Å². The van der Waals surface area contributed by atoms with Gasteiger partial charge in [0.15, 0.2) is 17.4 Å². The molecule has 1 aromatic rings. The first kappa shape index (κ1) is 17.1. The van der Waals surface area contributed by atoms with Crippen LogP contribution in [0.4, 0.5) is 8.78 Å².